The first-order chi connectivity index (χ1) is 10.1. The van der Waals surface area contributed by atoms with Crippen LogP contribution in [0.5, 0.6) is 0 Å². The van der Waals surface area contributed by atoms with Crippen LogP contribution in [0.3, 0.4) is 0 Å². The maximum absolute atomic E-state index is 10.8. The minimum absolute atomic E-state index is 0. The third-order valence-electron chi connectivity index (χ3n) is 4.52. The molecule has 1 saturated heterocycles. The van der Waals surface area contributed by atoms with E-state index in [1.54, 1.807) is 0 Å². The number of carboxylic acid groups (broad SMARTS) is 1. The van der Waals surface area contributed by atoms with Crippen LogP contribution in [0, 0.1) is 0 Å². The Hall–Kier alpha value is -1.10. The lowest BCUT2D eigenvalue weighted by Crippen LogP contribution is -2.45. The molecule has 1 atom stereocenters. The van der Waals surface area contributed by atoms with Crippen LogP contribution in [0.1, 0.15) is 37.8 Å². The Balaban J connectivity index is 0.00000242. The van der Waals surface area contributed by atoms with E-state index in [0.29, 0.717) is 12.1 Å². The summed E-state index contributed by atoms with van der Waals surface area (Å²) in [5, 5.41) is 8.89. The number of carboxylic acids is 1. The van der Waals surface area contributed by atoms with Gasteiger partial charge in [-0.15, -0.1) is 12.4 Å². The molecule has 0 aliphatic carbocycles. The molecule has 124 valence electrons. The molecule has 4 nitrogen and oxygen atoms in total. The molecule has 5 heteroatoms. The molecule has 0 amide bonds. The second-order valence-electron chi connectivity index (χ2n) is 5.91. The highest BCUT2D eigenvalue weighted by Crippen LogP contribution is 2.28. The standard InChI is InChI=1S/C17H26N2O2.ClH/c1-3-16(14-7-5-4-6-8-14)19-11-9-15(10-12-19)18(2)13-17(20)21;/h4-8,15-16H,3,9-13H2,1-2H3,(H,20,21);1H. The molecule has 0 radical (unpaired) electrons. The molecule has 0 spiro atoms. The molecule has 1 aromatic rings. The van der Waals surface area contributed by atoms with E-state index in [9.17, 15) is 4.79 Å². The highest BCUT2D eigenvalue weighted by Gasteiger charge is 2.27. The number of carbonyl (C=O) groups is 1. The van der Waals surface area contributed by atoms with Crippen molar-refractivity contribution in [1.29, 1.82) is 0 Å². The van der Waals surface area contributed by atoms with Crippen LogP contribution in [0.15, 0.2) is 30.3 Å². The third kappa shape index (κ3) is 4.97. The number of benzene rings is 1. The zero-order chi connectivity index (χ0) is 15.2. The van der Waals surface area contributed by atoms with Crippen LogP contribution in [-0.2, 0) is 4.79 Å². The number of piperidine rings is 1. The summed E-state index contributed by atoms with van der Waals surface area (Å²) in [5.74, 6) is -0.740. The van der Waals surface area contributed by atoms with Gasteiger partial charge in [0.15, 0.2) is 0 Å². The van der Waals surface area contributed by atoms with E-state index >= 15 is 0 Å². The molecule has 1 aliphatic heterocycles. The second kappa shape index (κ2) is 9.13. The topological polar surface area (TPSA) is 43.8 Å². The van der Waals surface area contributed by atoms with E-state index in [1.165, 1.54) is 5.56 Å². The van der Waals surface area contributed by atoms with Gasteiger partial charge in [0.05, 0.1) is 6.54 Å². The van der Waals surface area contributed by atoms with E-state index in [2.05, 4.69) is 42.2 Å². The van der Waals surface area contributed by atoms with Crippen molar-refractivity contribution in [3.63, 3.8) is 0 Å². The lowest BCUT2D eigenvalue weighted by molar-refractivity contribution is -0.138. The van der Waals surface area contributed by atoms with Crippen LogP contribution in [0.2, 0.25) is 0 Å². The van der Waals surface area contributed by atoms with Gasteiger partial charge < -0.3 is 5.11 Å². The number of nitrogens with zero attached hydrogens (tertiary/aromatic N) is 2. The predicted octanol–water partition coefficient (Wildman–Crippen LogP) is 3.04. The van der Waals surface area contributed by atoms with E-state index in [4.69, 9.17) is 5.11 Å². The van der Waals surface area contributed by atoms with Crippen LogP contribution < -0.4 is 0 Å². The average molecular weight is 327 g/mol. The Bertz CT molecular complexity index is 447. The minimum Gasteiger partial charge on any atom is -0.480 e. The lowest BCUT2D eigenvalue weighted by atomic mass is 9.97. The summed E-state index contributed by atoms with van der Waals surface area (Å²) in [5.41, 5.74) is 1.39. The Morgan fingerprint density at radius 1 is 1.32 bits per heavy atom. The molecular weight excluding hydrogens is 300 g/mol. The van der Waals surface area contributed by atoms with Gasteiger partial charge in [0.1, 0.15) is 0 Å². The predicted molar refractivity (Wildman–Crippen MR) is 91.6 cm³/mol. The summed E-state index contributed by atoms with van der Waals surface area (Å²) in [6.45, 7) is 4.46. The van der Waals surface area contributed by atoms with Gasteiger partial charge in [0.25, 0.3) is 0 Å². The fourth-order valence-electron chi connectivity index (χ4n) is 3.36. The zero-order valence-corrected chi connectivity index (χ0v) is 14.3. The number of rotatable bonds is 6. The first-order valence-corrected chi connectivity index (χ1v) is 7.82. The number of likely N-dealkylation sites (N-methyl/N-ethyl adjacent to an activating group) is 1. The lowest BCUT2D eigenvalue weighted by Gasteiger charge is -2.40. The summed E-state index contributed by atoms with van der Waals surface area (Å²) >= 11 is 0. The molecular formula is C17H27ClN2O2. The van der Waals surface area contributed by atoms with Gasteiger partial charge in [0, 0.05) is 25.2 Å². The van der Waals surface area contributed by atoms with Crippen molar-refractivity contribution < 1.29 is 9.90 Å². The molecule has 22 heavy (non-hydrogen) atoms. The van der Waals surface area contributed by atoms with Crippen molar-refractivity contribution in [3.05, 3.63) is 35.9 Å². The van der Waals surface area contributed by atoms with Crippen LogP contribution >= 0.6 is 12.4 Å². The van der Waals surface area contributed by atoms with Gasteiger partial charge in [-0.05, 0) is 31.9 Å². The average Bonchev–Trinajstić information content (AvgIpc) is 2.49. The van der Waals surface area contributed by atoms with Gasteiger partial charge in [-0.2, -0.15) is 0 Å². The van der Waals surface area contributed by atoms with Crippen molar-refractivity contribution in [1.82, 2.24) is 9.80 Å². The number of likely N-dealkylation sites (tertiary alicyclic amines) is 1. The highest BCUT2D eigenvalue weighted by molar-refractivity contribution is 5.85. The maximum Gasteiger partial charge on any atom is 0.317 e. The first-order valence-electron chi connectivity index (χ1n) is 7.82. The van der Waals surface area contributed by atoms with E-state index in [0.717, 1.165) is 32.4 Å². The molecule has 1 aliphatic rings. The van der Waals surface area contributed by atoms with Gasteiger partial charge in [-0.3, -0.25) is 14.6 Å². The van der Waals surface area contributed by atoms with E-state index < -0.39 is 5.97 Å². The molecule has 1 unspecified atom stereocenters. The van der Waals surface area contributed by atoms with Crippen molar-refractivity contribution in [2.24, 2.45) is 0 Å². The zero-order valence-electron chi connectivity index (χ0n) is 13.4. The number of halogens is 1. The van der Waals surface area contributed by atoms with Crippen LogP contribution in [0.25, 0.3) is 0 Å². The monoisotopic (exact) mass is 326 g/mol. The Morgan fingerprint density at radius 2 is 1.91 bits per heavy atom. The summed E-state index contributed by atoms with van der Waals surface area (Å²) in [6, 6.07) is 11.6. The fourth-order valence-corrected chi connectivity index (χ4v) is 3.36. The second-order valence-corrected chi connectivity index (χ2v) is 5.91. The largest absolute Gasteiger partial charge is 0.480 e. The van der Waals surface area contributed by atoms with Gasteiger partial charge in [-0.25, -0.2) is 0 Å². The fraction of sp³-hybridized carbons (Fsp3) is 0.588. The van der Waals surface area contributed by atoms with Crippen molar-refractivity contribution >= 4 is 18.4 Å². The molecule has 0 bridgehead atoms. The number of hydrogen-bond acceptors (Lipinski definition) is 3. The van der Waals surface area contributed by atoms with Crippen molar-refractivity contribution in [2.45, 2.75) is 38.3 Å². The number of hydrogen-bond donors (Lipinski definition) is 1. The minimum atomic E-state index is -0.740. The van der Waals surface area contributed by atoms with Crippen LogP contribution in [0.4, 0.5) is 0 Å². The molecule has 0 saturated carbocycles. The summed E-state index contributed by atoms with van der Waals surface area (Å²) in [6.07, 6.45) is 3.21. The van der Waals surface area contributed by atoms with Gasteiger partial charge in [-0.1, -0.05) is 37.3 Å². The SMILES string of the molecule is CCC(c1ccccc1)N1CCC(N(C)CC(=O)O)CC1.Cl. The summed E-state index contributed by atoms with van der Waals surface area (Å²) < 4.78 is 0. The Labute approximate surface area is 139 Å². The normalized spacial score (nSPS) is 18.0. The maximum atomic E-state index is 10.8. The van der Waals surface area contributed by atoms with Gasteiger partial charge in [0.2, 0.25) is 0 Å². The smallest absolute Gasteiger partial charge is 0.317 e. The van der Waals surface area contributed by atoms with E-state index in [1.807, 2.05) is 11.9 Å². The molecule has 0 aromatic heterocycles. The molecule has 1 heterocycles. The molecule has 1 N–H and O–H groups in total. The summed E-state index contributed by atoms with van der Waals surface area (Å²) in [4.78, 5) is 15.3. The summed E-state index contributed by atoms with van der Waals surface area (Å²) in [7, 11) is 1.92. The van der Waals surface area contributed by atoms with Crippen molar-refractivity contribution in [3.8, 4) is 0 Å². The van der Waals surface area contributed by atoms with Gasteiger partial charge >= 0.3 is 5.97 Å². The quantitative estimate of drug-likeness (QED) is 0.872. The van der Waals surface area contributed by atoms with Crippen LogP contribution in [-0.4, -0.2) is 53.6 Å². The third-order valence-corrected chi connectivity index (χ3v) is 4.52. The Morgan fingerprint density at radius 3 is 2.41 bits per heavy atom. The molecule has 2 rings (SSSR count). The molecule has 1 aromatic carbocycles. The van der Waals surface area contributed by atoms with E-state index in [-0.39, 0.29) is 19.0 Å². The highest BCUT2D eigenvalue weighted by atomic mass is 35.5. The van der Waals surface area contributed by atoms with Crippen molar-refractivity contribution in [2.75, 3.05) is 26.7 Å². The molecule has 1 fully saturated rings. The number of aliphatic carboxylic acids is 1. The Kier molecular flexibility index (Phi) is 7.87. The first kappa shape index (κ1) is 18.9.